The lowest BCUT2D eigenvalue weighted by molar-refractivity contribution is 0.788. The van der Waals surface area contributed by atoms with Gasteiger partial charge in [0.1, 0.15) is 0 Å². The van der Waals surface area contributed by atoms with E-state index in [9.17, 15) is 0 Å². The van der Waals surface area contributed by atoms with Crippen LogP contribution in [0.25, 0.3) is 78.1 Å². The van der Waals surface area contributed by atoms with Gasteiger partial charge in [-0.05, 0) is 73.0 Å². The monoisotopic (exact) mass is 672 g/mol. The lowest BCUT2D eigenvalue weighted by Crippen LogP contribution is -2.27. The molecule has 2 aliphatic carbocycles. The Labute approximate surface area is 308 Å². The molecule has 0 N–H and O–H groups in total. The highest BCUT2D eigenvalue weighted by molar-refractivity contribution is 5.98. The first kappa shape index (κ1) is 29.8. The Morgan fingerprint density at radius 2 is 0.811 bits per heavy atom. The van der Waals surface area contributed by atoms with Crippen LogP contribution in [0.15, 0.2) is 194 Å². The van der Waals surface area contributed by atoms with Crippen LogP contribution in [0.2, 0.25) is 0 Å². The van der Waals surface area contributed by atoms with E-state index >= 15 is 0 Å². The van der Waals surface area contributed by atoms with Crippen molar-refractivity contribution in [2.75, 3.05) is 0 Å². The molecule has 2 aliphatic rings. The number of aromatic nitrogens is 2. The van der Waals surface area contributed by atoms with E-state index in [0.717, 1.165) is 39.5 Å². The smallest absolute Gasteiger partial charge is 0.160 e. The Bertz CT molecular complexity index is 2870. The summed E-state index contributed by atoms with van der Waals surface area (Å²) in [4.78, 5) is 10.9. The Balaban J connectivity index is 1.15. The van der Waals surface area contributed by atoms with Crippen molar-refractivity contribution in [3.8, 4) is 67.3 Å². The molecule has 2 nitrogen and oxygen atoms in total. The Kier molecular flexibility index (Phi) is 6.50. The van der Waals surface area contributed by atoms with E-state index in [1.54, 1.807) is 0 Å². The van der Waals surface area contributed by atoms with Gasteiger partial charge in [-0.1, -0.05) is 182 Å². The molecule has 0 aliphatic heterocycles. The van der Waals surface area contributed by atoms with Crippen molar-refractivity contribution in [1.29, 1.82) is 0 Å². The summed E-state index contributed by atoms with van der Waals surface area (Å²) < 4.78 is 0. The van der Waals surface area contributed by atoms with Crippen LogP contribution in [-0.2, 0) is 5.41 Å². The Morgan fingerprint density at radius 1 is 0.302 bits per heavy atom. The first-order chi connectivity index (χ1) is 26.3. The third-order valence-corrected chi connectivity index (χ3v) is 11.3. The van der Waals surface area contributed by atoms with Crippen molar-refractivity contribution in [3.63, 3.8) is 0 Å². The second-order valence-corrected chi connectivity index (χ2v) is 14.1. The summed E-state index contributed by atoms with van der Waals surface area (Å²) in [6.07, 6.45) is 0. The van der Waals surface area contributed by atoms with Gasteiger partial charge in [0.2, 0.25) is 0 Å². The molecule has 1 spiro atoms. The first-order valence-corrected chi connectivity index (χ1v) is 18.2. The van der Waals surface area contributed by atoms with Crippen LogP contribution < -0.4 is 0 Å². The standard InChI is InChI=1S/C51H32N2/c1-3-14-36(15-4-1)48-47-49(53-50(52-48)37-16-5-2-6-17-37)43-20-10-12-22-45(43)51(47)44-21-11-9-19-41(44)42-30-29-40(32-46(42)51)35-25-23-34(24-26-35)39-28-27-33-13-7-8-18-38(33)31-39/h1-32H. The number of hydrogen-bond donors (Lipinski definition) is 0. The largest absolute Gasteiger partial charge is 0.228 e. The van der Waals surface area contributed by atoms with Crippen molar-refractivity contribution in [1.82, 2.24) is 9.97 Å². The first-order valence-electron chi connectivity index (χ1n) is 18.2. The lowest BCUT2D eigenvalue weighted by atomic mass is 9.69. The molecule has 0 fully saturated rings. The van der Waals surface area contributed by atoms with E-state index in [-0.39, 0.29) is 0 Å². The quantitative estimate of drug-likeness (QED) is 0.186. The summed E-state index contributed by atoms with van der Waals surface area (Å²) in [5.41, 5.74) is 16.9. The van der Waals surface area contributed by atoms with Gasteiger partial charge in [0.05, 0.1) is 16.8 Å². The molecule has 0 saturated heterocycles. The summed E-state index contributed by atoms with van der Waals surface area (Å²) in [7, 11) is 0. The highest BCUT2D eigenvalue weighted by atomic mass is 14.9. The van der Waals surface area contributed by atoms with Gasteiger partial charge in [-0.2, -0.15) is 0 Å². The Hall–Kier alpha value is -6.90. The fraction of sp³-hybridized carbons (Fsp3) is 0.0196. The zero-order valence-corrected chi connectivity index (χ0v) is 28.9. The van der Waals surface area contributed by atoms with Crippen molar-refractivity contribution >= 4 is 10.8 Å². The molecule has 246 valence electrons. The summed E-state index contributed by atoms with van der Waals surface area (Å²) in [5, 5.41) is 2.51. The maximum atomic E-state index is 5.46. The van der Waals surface area contributed by atoms with E-state index in [1.807, 2.05) is 6.07 Å². The zero-order chi connectivity index (χ0) is 34.9. The Morgan fingerprint density at radius 3 is 1.55 bits per heavy atom. The molecule has 9 aromatic rings. The van der Waals surface area contributed by atoms with Crippen molar-refractivity contribution < 1.29 is 0 Å². The number of hydrogen-bond acceptors (Lipinski definition) is 2. The minimum absolute atomic E-state index is 0.598. The second kappa shape index (κ2) is 11.6. The van der Waals surface area contributed by atoms with Gasteiger partial charge in [0.25, 0.3) is 0 Å². The van der Waals surface area contributed by atoms with Gasteiger partial charge >= 0.3 is 0 Å². The predicted molar refractivity (Wildman–Crippen MR) is 218 cm³/mol. The number of rotatable bonds is 4. The molecule has 11 rings (SSSR count). The van der Waals surface area contributed by atoms with Gasteiger partial charge in [-0.15, -0.1) is 0 Å². The molecule has 1 unspecified atom stereocenters. The van der Waals surface area contributed by atoms with Crippen molar-refractivity contribution in [2.24, 2.45) is 0 Å². The van der Waals surface area contributed by atoms with Crippen LogP contribution in [0, 0.1) is 0 Å². The molecule has 0 bridgehead atoms. The van der Waals surface area contributed by atoms with E-state index in [1.165, 1.54) is 60.8 Å². The molecule has 1 heterocycles. The van der Waals surface area contributed by atoms with Gasteiger partial charge in [-0.3, -0.25) is 0 Å². The summed E-state index contributed by atoms with van der Waals surface area (Å²) in [6.45, 7) is 0. The van der Waals surface area contributed by atoms with E-state index in [0.29, 0.717) is 0 Å². The number of fused-ring (bicyclic) bond motifs is 11. The van der Waals surface area contributed by atoms with Crippen LogP contribution in [0.3, 0.4) is 0 Å². The molecule has 0 radical (unpaired) electrons. The minimum Gasteiger partial charge on any atom is -0.228 e. The van der Waals surface area contributed by atoms with Gasteiger partial charge in [-0.25, -0.2) is 9.97 Å². The van der Waals surface area contributed by atoms with E-state index < -0.39 is 5.41 Å². The summed E-state index contributed by atoms with van der Waals surface area (Å²) >= 11 is 0. The number of nitrogens with zero attached hydrogens (tertiary/aromatic N) is 2. The summed E-state index contributed by atoms with van der Waals surface area (Å²) in [5.74, 6) is 0.738. The minimum atomic E-state index is -0.598. The van der Waals surface area contributed by atoms with E-state index in [4.69, 9.17) is 9.97 Å². The lowest BCUT2D eigenvalue weighted by Gasteiger charge is -2.31. The topological polar surface area (TPSA) is 25.8 Å². The molecule has 0 saturated carbocycles. The highest BCUT2D eigenvalue weighted by Gasteiger charge is 2.54. The maximum Gasteiger partial charge on any atom is 0.160 e. The third kappa shape index (κ3) is 4.39. The molecule has 8 aromatic carbocycles. The molecular formula is C51H32N2. The average molecular weight is 673 g/mol. The second-order valence-electron chi connectivity index (χ2n) is 14.1. The molecule has 1 aromatic heterocycles. The van der Waals surface area contributed by atoms with Crippen LogP contribution >= 0.6 is 0 Å². The van der Waals surface area contributed by atoms with Gasteiger partial charge < -0.3 is 0 Å². The van der Waals surface area contributed by atoms with Crippen LogP contribution in [0.5, 0.6) is 0 Å². The fourth-order valence-corrected chi connectivity index (χ4v) is 8.93. The van der Waals surface area contributed by atoms with E-state index in [2.05, 4.69) is 188 Å². The average Bonchev–Trinajstić information content (AvgIpc) is 3.71. The van der Waals surface area contributed by atoms with Crippen molar-refractivity contribution in [3.05, 3.63) is 216 Å². The van der Waals surface area contributed by atoms with Crippen LogP contribution in [0.1, 0.15) is 22.3 Å². The summed E-state index contributed by atoms with van der Waals surface area (Å²) in [6, 6.07) is 70.2. The van der Waals surface area contributed by atoms with Gasteiger partial charge in [0.15, 0.2) is 5.82 Å². The number of benzene rings is 8. The fourth-order valence-electron chi connectivity index (χ4n) is 8.93. The third-order valence-electron chi connectivity index (χ3n) is 11.3. The molecule has 53 heavy (non-hydrogen) atoms. The SMILES string of the molecule is c1ccc(-c2nc(-c3ccccc3)c3c(n2)-c2ccccc2C32c3ccccc3-c3ccc(-c4ccc(-c5ccc6ccccc6c5)cc4)cc32)cc1. The molecule has 2 heteroatoms. The highest BCUT2D eigenvalue weighted by Crippen LogP contribution is 2.64. The predicted octanol–water partition coefficient (Wildman–Crippen LogP) is 12.6. The van der Waals surface area contributed by atoms with Crippen molar-refractivity contribution in [2.45, 2.75) is 5.41 Å². The van der Waals surface area contributed by atoms with Gasteiger partial charge in [0, 0.05) is 22.3 Å². The maximum absolute atomic E-state index is 5.46. The molecular weight excluding hydrogens is 641 g/mol. The zero-order valence-electron chi connectivity index (χ0n) is 28.9. The molecule has 0 amide bonds. The normalized spacial score (nSPS) is 14.9. The van der Waals surface area contributed by atoms with Crippen LogP contribution in [0.4, 0.5) is 0 Å². The molecule has 1 atom stereocenters. The van der Waals surface area contributed by atoms with Crippen LogP contribution in [-0.4, -0.2) is 9.97 Å².